The van der Waals surface area contributed by atoms with Crippen LogP contribution in [0, 0.1) is 29.6 Å². The number of aliphatic hydroxyl groups excluding tert-OH is 1. The van der Waals surface area contributed by atoms with Crippen molar-refractivity contribution in [2.75, 3.05) is 20.8 Å². The van der Waals surface area contributed by atoms with Gasteiger partial charge in [-0.15, -0.1) is 5.92 Å². The van der Waals surface area contributed by atoms with Gasteiger partial charge in [0.05, 0.1) is 26.4 Å². The van der Waals surface area contributed by atoms with E-state index in [-0.39, 0.29) is 41.6 Å². The maximum atomic E-state index is 14.5. The Morgan fingerprint density at radius 3 is 2.00 bits per heavy atom. The molecule has 0 saturated heterocycles. The van der Waals surface area contributed by atoms with Crippen molar-refractivity contribution in [2.45, 2.75) is 162 Å². The molecule has 49 heavy (non-hydrogen) atoms. The Kier molecular flexibility index (Phi) is 16.0. The lowest BCUT2D eigenvalue weighted by molar-refractivity contribution is -0.0250. The monoisotopic (exact) mass is 718 g/mol. The van der Waals surface area contributed by atoms with Crippen LogP contribution in [0.4, 0.5) is 0 Å². The first-order valence-electron chi connectivity index (χ1n) is 18.6. The Morgan fingerprint density at radius 1 is 0.939 bits per heavy atom. The molecular weight excluding hydrogens is 649 g/mol. The molecule has 9 heteroatoms. The fraction of sp³-hybridized carbons (Fsp3) is 0.775. The van der Waals surface area contributed by atoms with E-state index >= 15 is 0 Å². The molecule has 0 fully saturated rings. The highest BCUT2D eigenvalue weighted by atomic mass is 28.4. The number of carbonyl (C=O) groups excluding carboxylic acids is 1. The average molecular weight is 719 g/mol. The smallest absolute Gasteiger partial charge is 0.342 e. The van der Waals surface area contributed by atoms with E-state index in [0.717, 1.165) is 5.56 Å². The van der Waals surface area contributed by atoms with Crippen molar-refractivity contribution < 1.29 is 33.0 Å². The maximum Gasteiger partial charge on any atom is 0.342 e. The van der Waals surface area contributed by atoms with E-state index in [1.165, 1.54) is 0 Å². The summed E-state index contributed by atoms with van der Waals surface area (Å²) in [4.78, 5) is 14.5. The number of carbonyl (C=O) groups is 1. The predicted octanol–water partition coefficient (Wildman–Crippen LogP) is 9.81. The molecule has 7 nitrogen and oxygen atoms in total. The molecule has 0 aromatic heterocycles. The topological polar surface area (TPSA) is 83.5 Å². The predicted molar refractivity (Wildman–Crippen MR) is 207 cm³/mol. The molecule has 0 spiro atoms. The summed E-state index contributed by atoms with van der Waals surface area (Å²) in [7, 11) is -1.27. The van der Waals surface area contributed by atoms with Gasteiger partial charge >= 0.3 is 5.97 Å². The highest BCUT2D eigenvalue weighted by Crippen LogP contribution is 2.45. The molecule has 0 aliphatic carbocycles. The minimum atomic E-state index is -2.27. The molecule has 1 N–H and O–H groups in total. The fourth-order valence-corrected chi connectivity index (χ4v) is 14.6. The van der Waals surface area contributed by atoms with Gasteiger partial charge in [-0.1, -0.05) is 89.0 Å². The van der Waals surface area contributed by atoms with Gasteiger partial charge in [0.1, 0.15) is 23.2 Å². The zero-order chi connectivity index (χ0) is 37.5. The van der Waals surface area contributed by atoms with Crippen molar-refractivity contribution in [1.82, 2.24) is 0 Å². The zero-order valence-electron chi connectivity index (χ0n) is 33.8. The molecule has 0 saturated carbocycles. The van der Waals surface area contributed by atoms with Crippen LogP contribution >= 0.6 is 0 Å². The standard InChI is InChI=1S/C40H70O7Si2/c1-26(2)49(27(3)4,28(5)6)46-35-24-32-23-33(43-13)25-36(44-14)37(32)39(42)45-34(20-18-17-19-29(35)7)31(9)38(30(8)21-22-41)47-48(15,16)40(10,11)12/h23,25-31,34-35,38,41H,19-22,24H2,1-16H3/t29-,30+,31+,34-,35+,38+/m0/s1. The molecule has 1 aliphatic rings. The second-order valence-corrected chi connectivity index (χ2v) is 27.1. The van der Waals surface area contributed by atoms with Crippen molar-refractivity contribution in [3.05, 3.63) is 23.3 Å². The van der Waals surface area contributed by atoms with Crippen molar-refractivity contribution in [3.63, 3.8) is 0 Å². The molecule has 280 valence electrons. The second kappa shape index (κ2) is 18.1. The second-order valence-electron chi connectivity index (χ2n) is 16.9. The summed E-state index contributed by atoms with van der Waals surface area (Å²) in [5, 5.41) is 9.91. The van der Waals surface area contributed by atoms with Crippen LogP contribution in [0.1, 0.15) is 118 Å². The lowest BCUT2D eigenvalue weighted by atomic mass is 9.86. The number of fused-ring (bicyclic) bond motifs is 1. The summed E-state index contributed by atoms with van der Waals surface area (Å²) in [6, 6.07) is 3.69. The normalized spacial score (nSPS) is 21.6. The first kappa shape index (κ1) is 43.3. The van der Waals surface area contributed by atoms with E-state index in [1.54, 1.807) is 20.3 Å². The average Bonchev–Trinajstić information content (AvgIpc) is 3.00. The number of hydrogen-bond acceptors (Lipinski definition) is 7. The van der Waals surface area contributed by atoms with Gasteiger partial charge in [-0.2, -0.15) is 0 Å². The summed E-state index contributed by atoms with van der Waals surface area (Å²) < 4.78 is 32.5. The quantitative estimate of drug-likeness (QED) is 0.117. The largest absolute Gasteiger partial charge is 0.497 e. The third-order valence-corrected chi connectivity index (χ3v) is 22.1. The third-order valence-electron chi connectivity index (χ3n) is 11.5. The van der Waals surface area contributed by atoms with Crippen LogP contribution < -0.4 is 9.47 Å². The van der Waals surface area contributed by atoms with E-state index in [1.807, 2.05) is 6.07 Å². The number of methoxy groups -OCH3 is 2. The number of aliphatic hydroxyl groups is 1. The van der Waals surface area contributed by atoms with Gasteiger partial charge in [0, 0.05) is 31.4 Å². The highest BCUT2D eigenvalue weighted by molar-refractivity contribution is 6.77. The van der Waals surface area contributed by atoms with Crippen LogP contribution in [0.25, 0.3) is 0 Å². The first-order chi connectivity index (χ1) is 22.7. The lowest BCUT2D eigenvalue weighted by Gasteiger charge is -2.46. The van der Waals surface area contributed by atoms with Crippen LogP contribution in [0.5, 0.6) is 11.5 Å². The van der Waals surface area contributed by atoms with Crippen LogP contribution in [0.3, 0.4) is 0 Å². The SMILES string of the molecule is COc1cc2c(c(OC)c1)C(=O)O[C@H]([C@@H](C)[C@H](O[Si](C)(C)C(C)(C)C)[C@H](C)CCO)CC#CC[C@H](C)[C@H](O[Si](C(C)C)(C(C)C)C(C)C)C2. The number of hydrogen-bond donors (Lipinski definition) is 1. The summed E-state index contributed by atoms with van der Waals surface area (Å²) in [5.74, 6) is 7.47. The first-order valence-corrected chi connectivity index (χ1v) is 23.6. The Morgan fingerprint density at radius 2 is 1.51 bits per heavy atom. The summed E-state index contributed by atoms with van der Waals surface area (Å²) in [6.07, 6.45) is 1.24. The molecular formula is C40H70O7Si2. The molecule has 1 heterocycles. The number of ether oxygens (including phenoxy) is 3. The Bertz CT molecular complexity index is 1250. The van der Waals surface area contributed by atoms with E-state index < -0.39 is 28.7 Å². The van der Waals surface area contributed by atoms with Crippen molar-refractivity contribution in [3.8, 4) is 23.3 Å². The van der Waals surface area contributed by atoms with Gasteiger partial charge in [0.2, 0.25) is 8.32 Å². The molecule has 0 unspecified atom stereocenters. The van der Waals surface area contributed by atoms with Crippen LogP contribution in [0.2, 0.25) is 34.8 Å². The van der Waals surface area contributed by atoms with Crippen LogP contribution in [-0.4, -0.2) is 66.8 Å². The molecule has 1 aliphatic heterocycles. The molecule has 0 bridgehead atoms. The Labute approximate surface area is 301 Å². The van der Waals surface area contributed by atoms with Crippen molar-refractivity contribution in [2.24, 2.45) is 17.8 Å². The minimum Gasteiger partial charge on any atom is -0.497 e. The molecule has 0 amide bonds. The lowest BCUT2D eigenvalue weighted by Crippen LogP contribution is -2.51. The van der Waals surface area contributed by atoms with E-state index in [9.17, 15) is 9.90 Å². The van der Waals surface area contributed by atoms with Gasteiger partial charge in [0.15, 0.2) is 8.32 Å². The van der Waals surface area contributed by atoms with Gasteiger partial charge < -0.3 is 28.2 Å². The molecule has 2 rings (SSSR count). The van der Waals surface area contributed by atoms with Crippen molar-refractivity contribution >= 4 is 22.6 Å². The molecule has 1 aromatic rings. The summed E-state index contributed by atoms with van der Waals surface area (Å²) in [6.45, 7) is 31.5. The number of rotatable bonds is 14. The van der Waals surface area contributed by atoms with Gasteiger partial charge in [0.25, 0.3) is 0 Å². The zero-order valence-corrected chi connectivity index (χ0v) is 35.8. The Balaban J connectivity index is 2.75. The number of cyclic esters (lactones) is 1. The summed E-state index contributed by atoms with van der Waals surface area (Å²) in [5.41, 5.74) is 2.43. The van der Waals surface area contributed by atoms with E-state index in [2.05, 4.69) is 108 Å². The molecule has 6 atom stereocenters. The van der Waals surface area contributed by atoms with Crippen LogP contribution in [0.15, 0.2) is 12.1 Å². The maximum absolute atomic E-state index is 14.5. The van der Waals surface area contributed by atoms with E-state index in [0.29, 0.717) is 59.4 Å². The van der Waals surface area contributed by atoms with Gasteiger partial charge in [-0.25, -0.2) is 4.79 Å². The van der Waals surface area contributed by atoms with Gasteiger partial charge in [-0.3, -0.25) is 0 Å². The minimum absolute atomic E-state index is 0.00580. The highest BCUT2D eigenvalue weighted by Gasteiger charge is 2.48. The summed E-state index contributed by atoms with van der Waals surface area (Å²) >= 11 is 0. The Hall–Kier alpha value is -1.84. The molecule has 0 radical (unpaired) electrons. The van der Waals surface area contributed by atoms with Gasteiger partial charge in [-0.05, 0) is 71.1 Å². The fourth-order valence-electron chi connectivity index (χ4n) is 7.47. The number of benzene rings is 1. The van der Waals surface area contributed by atoms with Crippen molar-refractivity contribution in [1.29, 1.82) is 0 Å². The van der Waals surface area contributed by atoms with Crippen LogP contribution in [-0.2, 0) is 20.0 Å². The number of esters is 1. The van der Waals surface area contributed by atoms with E-state index in [4.69, 9.17) is 23.1 Å². The third kappa shape index (κ3) is 10.4. The molecule has 1 aromatic carbocycles.